The molecule has 1 fully saturated rings. The molecule has 4 aromatic rings. The molecule has 3 aromatic heterocycles. The van der Waals surface area contributed by atoms with E-state index in [-0.39, 0.29) is 0 Å². The van der Waals surface area contributed by atoms with Crippen LogP contribution in [0.15, 0.2) is 61.2 Å². The summed E-state index contributed by atoms with van der Waals surface area (Å²) in [6.07, 6.45) is 5.52. The molecular weight excluding hydrogens is 362 g/mol. The van der Waals surface area contributed by atoms with Gasteiger partial charge in [0.15, 0.2) is 5.65 Å². The van der Waals surface area contributed by atoms with E-state index in [1.807, 2.05) is 23.1 Å². The van der Waals surface area contributed by atoms with E-state index in [1.165, 1.54) is 11.1 Å². The molecule has 1 aliphatic heterocycles. The van der Waals surface area contributed by atoms with Crippen LogP contribution >= 0.6 is 0 Å². The average molecular weight is 386 g/mol. The molecule has 146 valence electrons. The van der Waals surface area contributed by atoms with E-state index in [0.717, 1.165) is 48.8 Å². The molecule has 29 heavy (non-hydrogen) atoms. The maximum absolute atomic E-state index is 4.60. The number of rotatable bonds is 4. The first kappa shape index (κ1) is 17.6. The minimum Gasteiger partial charge on any atom is -0.348 e. The van der Waals surface area contributed by atoms with Crippen molar-refractivity contribution in [1.82, 2.24) is 19.7 Å². The molecule has 0 saturated carbocycles. The van der Waals surface area contributed by atoms with Gasteiger partial charge in [0.25, 0.3) is 5.82 Å². The minimum absolute atomic E-state index is 0.706. The van der Waals surface area contributed by atoms with Crippen LogP contribution in [0.4, 0.5) is 11.6 Å². The van der Waals surface area contributed by atoms with Crippen LogP contribution in [0.3, 0.4) is 0 Å². The predicted molar refractivity (Wildman–Crippen MR) is 113 cm³/mol. The van der Waals surface area contributed by atoms with Crippen molar-refractivity contribution in [2.45, 2.75) is 13.5 Å². The first-order chi connectivity index (χ1) is 14.3. The summed E-state index contributed by atoms with van der Waals surface area (Å²) >= 11 is 0. The highest BCUT2D eigenvalue weighted by Crippen LogP contribution is 2.24. The molecule has 0 atom stereocenters. The maximum atomic E-state index is 4.60. The van der Waals surface area contributed by atoms with Gasteiger partial charge >= 0.3 is 0 Å². The van der Waals surface area contributed by atoms with E-state index >= 15 is 0 Å². The van der Waals surface area contributed by atoms with Crippen LogP contribution in [0.2, 0.25) is 0 Å². The fraction of sp³-hybridized carbons (Fsp3) is 0.273. The van der Waals surface area contributed by atoms with Crippen LogP contribution in [0.1, 0.15) is 11.1 Å². The van der Waals surface area contributed by atoms with Gasteiger partial charge in [-0.05, 0) is 18.6 Å². The SMILES string of the molecule is Cc1ccc(Cn2ncc3c(N4CCN(c5cccc[nH+]5)CC4)ncnc32)cc1. The highest BCUT2D eigenvalue weighted by Gasteiger charge is 2.25. The highest BCUT2D eigenvalue weighted by molar-refractivity contribution is 5.86. The molecule has 0 radical (unpaired) electrons. The number of hydrogen-bond donors (Lipinski definition) is 0. The third kappa shape index (κ3) is 3.51. The van der Waals surface area contributed by atoms with Gasteiger partial charge in [0, 0.05) is 6.07 Å². The second kappa shape index (κ2) is 7.50. The largest absolute Gasteiger partial charge is 0.348 e. The quantitative estimate of drug-likeness (QED) is 0.539. The smallest absolute Gasteiger partial charge is 0.274 e. The number of anilines is 2. The van der Waals surface area contributed by atoms with Crippen molar-refractivity contribution in [1.29, 1.82) is 0 Å². The molecule has 0 aliphatic carbocycles. The molecule has 1 aromatic carbocycles. The Balaban J connectivity index is 1.36. The fourth-order valence-electron chi connectivity index (χ4n) is 3.85. The number of hydrogen-bond acceptors (Lipinski definition) is 5. The Morgan fingerprint density at radius 3 is 2.48 bits per heavy atom. The van der Waals surface area contributed by atoms with Crippen molar-refractivity contribution < 1.29 is 4.98 Å². The molecule has 7 heteroatoms. The molecule has 0 unspecified atom stereocenters. The van der Waals surface area contributed by atoms with E-state index in [0.29, 0.717) is 6.54 Å². The first-order valence-corrected chi connectivity index (χ1v) is 9.96. The van der Waals surface area contributed by atoms with Gasteiger partial charge in [0.1, 0.15) is 25.2 Å². The topological polar surface area (TPSA) is 64.2 Å². The molecule has 0 bridgehead atoms. The van der Waals surface area contributed by atoms with Crippen molar-refractivity contribution in [3.63, 3.8) is 0 Å². The Kier molecular flexibility index (Phi) is 4.56. The molecular formula is C22H24N7+. The molecule has 1 saturated heterocycles. The number of pyridine rings is 1. The monoisotopic (exact) mass is 386 g/mol. The summed E-state index contributed by atoms with van der Waals surface area (Å²) < 4.78 is 1.96. The van der Waals surface area contributed by atoms with Gasteiger partial charge in [-0.15, -0.1) is 0 Å². The lowest BCUT2D eigenvalue weighted by Crippen LogP contribution is -2.48. The number of H-pyrrole nitrogens is 1. The van der Waals surface area contributed by atoms with E-state index < -0.39 is 0 Å². The van der Waals surface area contributed by atoms with Gasteiger partial charge in [-0.1, -0.05) is 35.9 Å². The summed E-state index contributed by atoms with van der Waals surface area (Å²) in [6, 6.07) is 14.7. The zero-order chi connectivity index (χ0) is 19.6. The number of fused-ring (bicyclic) bond motifs is 1. The second-order valence-electron chi connectivity index (χ2n) is 7.44. The van der Waals surface area contributed by atoms with Gasteiger partial charge in [-0.3, -0.25) is 4.90 Å². The second-order valence-corrected chi connectivity index (χ2v) is 7.44. The molecule has 0 spiro atoms. The Labute approximate surface area is 169 Å². The number of piperazine rings is 1. The van der Waals surface area contributed by atoms with Crippen LogP contribution in [0.5, 0.6) is 0 Å². The lowest BCUT2D eigenvalue weighted by Gasteiger charge is -2.31. The van der Waals surface area contributed by atoms with E-state index in [4.69, 9.17) is 0 Å². The summed E-state index contributed by atoms with van der Waals surface area (Å²) in [5.74, 6) is 2.13. The Morgan fingerprint density at radius 1 is 0.931 bits per heavy atom. The van der Waals surface area contributed by atoms with Crippen LogP contribution in [0, 0.1) is 6.92 Å². The summed E-state index contributed by atoms with van der Waals surface area (Å²) in [4.78, 5) is 17.1. The Bertz CT molecular complexity index is 1100. The Morgan fingerprint density at radius 2 is 1.72 bits per heavy atom. The zero-order valence-electron chi connectivity index (χ0n) is 16.5. The number of nitrogens with zero attached hydrogens (tertiary/aromatic N) is 6. The maximum Gasteiger partial charge on any atom is 0.274 e. The van der Waals surface area contributed by atoms with E-state index in [1.54, 1.807) is 6.33 Å². The number of benzene rings is 1. The lowest BCUT2D eigenvalue weighted by atomic mass is 10.1. The van der Waals surface area contributed by atoms with Gasteiger partial charge in [0.05, 0.1) is 37.4 Å². The molecule has 7 nitrogen and oxygen atoms in total. The molecule has 0 amide bonds. The summed E-state index contributed by atoms with van der Waals surface area (Å²) in [5.41, 5.74) is 3.36. The van der Waals surface area contributed by atoms with Crippen LogP contribution in [-0.2, 0) is 6.54 Å². The van der Waals surface area contributed by atoms with Gasteiger partial charge < -0.3 is 4.90 Å². The van der Waals surface area contributed by atoms with Crippen LogP contribution < -0.4 is 14.8 Å². The first-order valence-electron chi connectivity index (χ1n) is 9.96. The van der Waals surface area contributed by atoms with Crippen molar-refractivity contribution in [3.8, 4) is 0 Å². The Hall–Kier alpha value is -3.48. The van der Waals surface area contributed by atoms with Crippen LogP contribution in [0.25, 0.3) is 11.0 Å². The number of aromatic nitrogens is 5. The van der Waals surface area contributed by atoms with Gasteiger partial charge in [-0.25, -0.2) is 19.6 Å². The van der Waals surface area contributed by atoms with Crippen molar-refractivity contribution in [2.24, 2.45) is 0 Å². The number of nitrogens with one attached hydrogen (secondary N) is 1. The van der Waals surface area contributed by atoms with Crippen molar-refractivity contribution >= 4 is 22.7 Å². The summed E-state index contributed by atoms with van der Waals surface area (Å²) in [7, 11) is 0. The minimum atomic E-state index is 0.706. The number of aromatic amines is 1. The summed E-state index contributed by atoms with van der Waals surface area (Å²) in [6.45, 7) is 6.53. The predicted octanol–water partition coefficient (Wildman–Crippen LogP) is 2.32. The van der Waals surface area contributed by atoms with E-state index in [2.05, 4.69) is 73.2 Å². The van der Waals surface area contributed by atoms with Gasteiger partial charge in [-0.2, -0.15) is 5.10 Å². The molecule has 5 rings (SSSR count). The average Bonchev–Trinajstić information content (AvgIpc) is 3.19. The molecule has 4 heterocycles. The highest BCUT2D eigenvalue weighted by atomic mass is 15.3. The zero-order valence-corrected chi connectivity index (χ0v) is 16.5. The normalized spacial score (nSPS) is 14.5. The van der Waals surface area contributed by atoms with Gasteiger partial charge in [0.2, 0.25) is 0 Å². The van der Waals surface area contributed by atoms with Crippen molar-refractivity contribution in [3.05, 3.63) is 72.3 Å². The van der Waals surface area contributed by atoms with E-state index in [9.17, 15) is 0 Å². The summed E-state index contributed by atoms with van der Waals surface area (Å²) in [5, 5.41) is 5.62. The standard InChI is InChI=1S/C22H23N7/c1-17-5-7-18(8-6-17)15-29-22-19(14-26-29)21(24-16-25-22)28-12-10-27(11-13-28)20-4-2-3-9-23-20/h2-9,14,16H,10-13,15H2,1H3/p+1. The fourth-order valence-corrected chi connectivity index (χ4v) is 3.85. The molecule has 1 aliphatic rings. The molecule has 1 N–H and O–H groups in total. The van der Waals surface area contributed by atoms with Crippen LogP contribution in [-0.4, -0.2) is 45.9 Å². The lowest BCUT2D eigenvalue weighted by molar-refractivity contribution is -0.364. The third-order valence-corrected chi connectivity index (χ3v) is 5.48. The third-order valence-electron chi connectivity index (χ3n) is 5.48. The number of aryl methyl sites for hydroxylation is 1. The van der Waals surface area contributed by atoms with Crippen molar-refractivity contribution in [2.75, 3.05) is 36.0 Å².